The number of pyridine rings is 1. The van der Waals surface area contributed by atoms with Gasteiger partial charge in [0.05, 0.1) is 16.6 Å². The Labute approximate surface area is 192 Å². The number of sulfonamides is 1. The molecule has 178 valence electrons. The Morgan fingerprint density at radius 2 is 1.82 bits per heavy atom. The zero-order valence-electron chi connectivity index (χ0n) is 18.7. The number of ether oxygens (including phenoxy) is 2. The van der Waals surface area contributed by atoms with E-state index in [0.29, 0.717) is 26.2 Å². The summed E-state index contributed by atoms with van der Waals surface area (Å²) in [6.07, 6.45) is 1.36. The number of nitrogens with zero attached hydrogens (tertiary/aromatic N) is 1. The molecule has 0 aliphatic heterocycles. The monoisotopic (exact) mass is 477 g/mol. The van der Waals surface area contributed by atoms with Crippen molar-refractivity contribution in [2.45, 2.75) is 38.2 Å². The third-order valence-electron chi connectivity index (χ3n) is 4.17. The number of benzene rings is 1. The van der Waals surface area contributed by atoms with E-state index in [-0.39, 0.29) is 27.8 Å². The van der Waals surface area contributed by atoms with E-state index in [9.17, 15) is 22.8 Å². The molecule has 2 aromatic rings. The van der Waals surface area contributed by atoms with E-state index in [0.717, 1.165) is 6.20 Å². The second-order valence-electron chi connectivity index (χ2n) is 7.16. The lowest BCUT2D eigenvalue weighted by Crippen LogP contribution is -2.31. The maximum atomic E-state index is 12.6. The highest BCUT2D eigenvalue weighted by atomic mass is 32.2. The summed E-state index contributed by atoms with van der Waals surface area (Å²) in [6, 6.07) is 7.85. The lowest BCUT2D eigenvalue weighted by atomic mass is 10.2. The summed E-state index contributed by atoms with van der Waals surface area (Å²) in [5.41, 5.74) is 0.0577. The number of carbonyl (C=O) groups excluding carboxylic acids is 3. The van der Waals surface area contributed by atoms with Crippen LogP contribution in [0.2, 0.25) is 0 Å². The molecule has 2 N–H and O–H groups in total. The first-order chi connectivity index (χ1) is 15.6. The van der Waals surface area contributed by atoms with Gasteiger partial charge in [-0.1, -0.05) is 6.07 Å². The maximum absolute atomic E-state index is 12.6. The van der Waals surface area contributed by atoms with Crippen LogP contribution in [0.3, 0.4) is 0 Å². The molecule has 0 aliphatic rings. The molecule has 0 fully saturated rings. The lowest BCUT2D eigenvalue weighted by Gasteiger charge is -2.10. The van der Waals surface area contributed by atoms with Crippen LogP contribution in [-0.4, -0.2) is 57.0 Å². The summed E-state index contributed by atoms with van der Waals surface area (Å²) in [7, 11) is -4.26. The summed E-state index contributed by atoms with van der Waals surface area (Å²) in [5, 5.41) is 2.68. The predicted molar refractivity (Wildman–Crippen MR) is 119 cm³/mol. The number of carbonyl (C=O) groups is 3. The molecule has 1 aromatic carbocycles. The Kier molecular flexibility index (Phi) is 9.49. The predicted octanol–water partition coefficient (Wildman–Crippen LogP) is 1.92. The highest BCUT2D eigenvalue weighted by Gasteiger charge is 2.21. The number of hydrogen-bond acceptors (Lipinski definition) is 8. The number of nitrogens with one attached hydrogen (secondary N) is 2. The SMILES string of the molecule is CCOCCCNC(=O)c1cccc(S(=O)(=O)NC(=O)c2ccc(C(=O)OC(C)C)nc2)c1. The van der Waals surface area contributed by atoms with Crippen molar-refractivity contribution in [1.29, 1.82) is 0 Å². The first-order valence-corrected chi connectivity index (χ1v) is 11.8. The molecule has 0 atom stereocenters. The normalized spacial score (nSPS) is 11.2. The van der Waals surface area contributed by atoms with Crippen LogP contribution in [-0.2, 0) is 19.5 Å². The van der Waals surface area contributed by atoms with Crippen LogP contribution < -0.4 is 10.0 Å². The van der Waals surface area contributed by atoms with E-state index in [4.69, 9.17) is 9.47 Å². The van der Waals surface area contributed by atoms with Gasteiger partial charge in [-0.2, -0.15) is 0 Å². The molecule has 0 saturated heterocycles. The van der Waals surface area contributed by atoms with Crippen LogP contribution in [0.4, 0.5) is 0 Å². The van der Waals surface area contributed by atoms with Crippen molar-refractivity contribution in [1.82, 2.24) is 15.0 Å². The highest BCUT2D eigenvalue weighted by molar-refractivity contribution is 7.90. The molecule has 0 spiro atoms. The van der Waals surface area contributed by atoms with Crippen LogP contribution in [0.1, 0.15) is 58.4 Å². The number of esters is 1. The minimum atomic E-state index is -4.26. The molecule has 0 bridgehead atoms. The molecule has 11 heteroatoms. The third kappa shape index (κ3) is 7.95. The van der Waals surface area contributed by atoms with Crippen molar-refractivity contribution >= 4 is 27.8 Å². The Morgan fingerprint density at radius 3 is 2.45 bits per heavy atom. The average Bonchev–Trinajstić information content (AvgIpc) is 2.78. The smallest absolute Gasteiger partial charge is 0.357 e. The highest BCUT2D eigenvalue weighted by Crippen LogP contribution is 2.13. The second-order valence-corrected chi connectivity index (χ2v) is 8.84. The second kappa shape index (κ2) is 12.1. The van der Waals surface area contributed by atoms with Gasteiger partial charge in [0.25, 0.3) is 21.8 Å². The quantitative estimate of drug-likeness (QED) is 0.369. The summed E-state index contributed by atoms with van der Waals surface area (Å²) >= 11 is 0. The van der Waals surface area contributed by atoms with Gasteiger partial charge in [-0.3, -0.25) is 9.59 Å². The van der Waals surface area contributed by atoms with Crippen molar-refractivity contribution in [3.63, 3.8) is 0 Å². The molecule has 33 heavy (non-hydrogen) atoms. The maximum Gasteiger partial charge on any atom is 0.357 e. The Hall–Kier alpha value is -3.31. The van der Waals surface area contributed by atoms with Gasteiger partial charge < -0.3 is 14.8 Å². The van der Waals surface area contributed by atoms with Crippen LogP contribution in [0.15, 0.2) is 47.5 Å². The molecule has 0 saturated carbocycles. The Morgan fingerprint density at radius 1 is 1.06 bits per heavy atom. The third-order valence-corrected chi connectivity index (χ3v) is 5.49. The van der Waals surface area contributed by atoms with Crippen LogP contribution >= 0.6 is 0 Å². The number of amides is 2. The van der Waals surface area contributed by atoms with E-state index >= 15 is 0 Å². The molecular formula is C22H27N3O7S. The Bertz CT molecular complexity index is 1080. The topological polar surface area (TPSA) is 141 Å². The lowest BCUT2D eigenvalue weighted by molar-refractivity contribution is 0.0370. The van der Waals surface area contributed by atoms with Gasteiger partial charge in [-0.05, 0) is 57.5 Å². The van der Waals surface area contributed by atoms with Crippen LogP contribution in [0, 0.1) is 0 Å². The van der Waals surface area contributed by atoms with Crippen molar-refractivity contribution in [2.24, 2.45) is 0 Å². The molecule has 0 aliphatic carbocycles. The van der Waals surface area contributed by atoms with E-state index < -0.39 is 27.8 Å². The largest absolute Gasteiger partial charge is 0.458 e. The van der Waals surface area contributed by atoms with Gasteiger partial charge in [-0.25, -0.2) is 22.9 Å². The standard InChI is InChI=1S/C22H27N3O7S/c1-4-31-12-6-11-23-20(26)16-7-5-8-18(13-16)33(29,30)25-21(27)17-9-10-19(24-14-17)22(28)32-15(2)3/h5,7-10,13-15H,4,6,11-12H2,1-3H3,(H,23,26)(H,25,27). The van der Waals surface area contributed by atoms with Gasteiger partial charge in [0.15, 0.2) is 0 Å². The summed E-state index contributed by atoms with van der Waals surface area (Å²) < 4.78 is 37.4. The zero-order chi connectivity index (χ0) is 24.4. The van der Waals surface area contributed by atoms with Gasteiger partial charge in [0, 0.05) is 31.5 Å². The molecule has 1 heterocycles. The fourth-order valence-electron chi connectivity index (χ4n) is 2.59. The minimum absolute atomic E-state index is 0.0110. The summed E-state index contributed by atoms with van der Waals surface area (Å²) in [6.45, 7) is 6.72. The molecule has 1 aromatic heterocycles. The molecule has 2 rings (SSSR count). The fraction of sp³-hybridized carbons (Fsp3) is 0.364. The van der Waals surface area contributed by atoms with E-state index in [1.54, 1.807) is 13.8 Å². The van der Waals surface area contributed by atoms with Gasteiger partial charge in [0.2, 0.25) is 0 Å². The van der Waals surface area contributed by atoms with Gasteiger partial charge >= 0.3 is 5.97 Å². The van der Waals surface area contributed by atoms with E-state index in [1.807, 2.05) is 11.6 Å². The molecule has 2 amide bonds. The molecule has 0 radical (unpaired) electrons. The number of aromatic nitrogens is 1. The minimum Gasteiger partial charge on any atom is -0.458 e. The number of hydrogen-bond donors (Lipinski definition) is 2. The molecule has 0 unspecified atom stereocenters. The van der Waals surface area contributed by atoms with Crippen molar-refractivity contribution in [3.8, 4) is 0 Å². The van der Waals surface area contributed by atoms with Crippen LogP contribution in [0.5, 0.6) is 0 Å². The first kappa shape index (κ1) is 25.9. The summed E-state index contributed by atoms with van der Waals surface area (Å²) in [4.78, 5) is 40.1. The Balaban J connectivity index is 2.05. The van der Waals surface area contributed by atoms with E-state index in [1.165, 1.54) is 36.4 Å². The molecule has 10 nitrogen and oxygen atoms in total. The van der Waals surface area contributed by atoms with Crippen LogP contribution in [0.25, 0.3) is 0 Å². The first-order valence-electron chi connectivity index (χ1n) is 10.3. The van der Waals surface area contributed by atoms with Gasteiger partial charge in [-0.15, -0.1) is 0 Å². The summed E-state index contributed by atoms with van der Waals surface area (Å²) in [5.74, 6) is -2.03. The molecular weight excluding hydrogens is 450 g/mol. The fourth-order valence-corrected chi connectivity index (χ4v) is 3.61. The van der Waals surface area contributed by atoms with Crippen molar-refractivity contribution in [3.05, 3.63) is 59.4 Å². The van der Waals surface area contributed by atoms with Crippen molar-refractivity contribution in [2.75, 3.05) is 19.8 Å². The van der Waals surface area contributed by atoms with E-state index in [2.05, 4.69) is 10.3 Å². The van der Waals surface area contributed by atoms with Gasteiger partial charge in [0.1, 0.15) is 5.69 Å². The van der Waals surface area contributed by atoms with Crippen molar-refractivity contribution < 1.29 is 32.3 Å². The number of rotatable bonds is 11. The zero-order valence-corrected chi connectivity index (χ0v) is 19.5. The average molecular weight is 478 g/mol.